The molecule has 0 amide bonds. The Hall–Kier alpha value is -1.31. The predicted molar refractivity (Wildman–Crippen MR) is 58.8 cm³/mol. The van der Waals surface area contributed by atoms with Gasteiger partial charge in [0.1, 0.15) is 5.82 Å². The summed E-state index contributed by atoms with van der Waals surface area (Å²) < 4.78 is 12.7. The van der Waals surface area contributed by atoms with Crippen LogP contribution in [0.5, 0.6) is 0 Å². The summed E-state index contributed by atoms with van der Waals surface area (Å²) >= 11 is 0. The van der Waals surface area contributed by atoms with Gasteiger partial charge in [-0.25, -0.2) is 4.39 Å². The van der Waals surface area contributed by atoms with Crippen molar-refractivity contribution in [3.63, 3.8) is 0 Å². The molecule has 0 heterocycles. The van der Waals surface area contributed by atoms with E-state index in [2.05, 4.69) is 20.4 Å². The summed E-state index contributed by atoms with van der Waals surface area (Å²) in [7, 11) is 1.94. The molecule has 0 aliphatic heterocycles. The van der Waals surface area contributed by atoms with Crippen molar-refractivity contribution in [2.75, 3.05) is 11.9 Å². The van der Waals surface area contributed by atoms with Crippen LogP contribution in [-0.4, -0.2) is 7.05 Å². The van der Waals surface area contributed by atoms with Crippen molar-refractivity contribution in [3.05, 3.63) is 42.4 Å². The van der Waals surface area contributed by atoms with E-state index in [0.29, 0.717) is 5.92 Å². The van der Waals surface area contributed by atoms with Gasteiger partial charge in [0.15, 0.2) is 0 Å². The summed E-state index contributed by atoms with van der Waals surface area (Å²) in [5.74, 6) is 0.183. The van der Waals surface area contributed by atoms with Gasteiger partial charge in [-0.3, -0.25) is 0 Å². The zero-order chi connectivity index (χ0) is 10.7. The Morgan fingerprint density at radius 3 is 2.21 bits per heavy atom. The van der Waals surface area contributed by atoms with Gasteiger partial charge in [0.05, 0.1) is 0 Å². The lowest BCUT2D eigenvalue weighted by Gasteiger charge is -2.24. The fraction of sp³-hybridized carbons (Fsp3) is 0.333. The maximum Gasteiger partial charge on any atom is 0.123 e. The van der Waals surface area contributed by atoms with Crippen LogP contribution in [0.1, 0.15) is 13.8 Å². The average Bonchev–Trinajstić information content (AvgIpc) is 2.16. The quantitative estimate of drug-likeness (QED) is 0.710. The molecule has 1 rings (SSSR count). The molecule has 0 unspecified atom stereocenters. The molecule has 0 atom stereocenters. The van der Waals surface area contributed by atoms with Crippen molar-refractivity contribution < 1.29 is 4.39 Å². The van der Waals surface area contributed by atoms with E-state index < -0.39 is 0 Å². The van der Waals surface area contributed by atoms with Gasteiger partial charge >= 0.3 is 0 Å². The molecule has 0 bridgehead atoms. The van der Waals surface area contributed by atoms with Crippen LogP contribution in [-0.2, 0) is 0 Å². The third-order valence-corrected chi connectivity index (χ3v) is 2.31. The molecule has 0 fully saturated rings. The first-order valence-electron chi connectivity index (χ1n) is 4.70. The number of nitrogens with zero attached hydrogens (tertiary/aromatic N) is 1. The summed E-state index contributed by atoms with van der Waals surface area (Å²) in [4.78, 5) is 1.98. The largest absolute Gasteiger partial charge is 0.349 e. The van der Waals surface area contributed by atoms with Gasteiger partial charge in [0.2, 0.25) is 0 Å². The van der Waals surface area contributed by atoms with Gasteiger partial charge < -0.3 is 4.90 Å². The molecular formula is C12H16FN. The highest BCUT2D eigenvalue weighted by Crippen LogP contribution is 2.20. The second kappa shape index (κ2) is 4.27. The molecule has 0 saturated heterocycles. The van der Waals surface area contributed by atoms with Crippen LogP contribution >= 0.6 is 0 Å². The fourth-order valence-electron chi connectivity index (χ4n) is 1.22. The summed E-state index contributed by atoms with van der Waals surface area (Å²) in [5.41, 5.74) is 1.99. The summed E-state index contributed by atoms with van der Waals surface area (Å²) in [6.07, 6.45) is 0. The molecule has 0 saturated carbocycles. The number of halogens is 1. The van der Waals surface area contributed by atoms with E-state index in [4.69, 9.17) is 0 Å². The molecule has 1 aromatic carbocycles. The summed E-state index contributed by atoms with van der Waals surface area (Å²) in [6.45, 7) is 8.16. The topological polar surface area (TPSA) is 3.24 Å². The number of benzene rings is 1. The van der Waals surface area contributed by atoms with Gasteiger partial charge in [-0.1, -0.05) is 20.4 Å². The number of hydrogen-bond donors (Lipinski definition) is 0. The lowest BCUT2D eigenvalue weighted by atomic mass is 10.1. The monoisotopic (exact) mass is 193 g/mol. The standard InChI is InChI=1S/C12H16FN/c1-9(2)10(3)14(4)12-7-5-11(13)6-8-12/h5-9H,3H2,1-2,4H3. The second-order valence-electron chi connectivity index (χ2n) is 3.68. The first-order chi connectivity index (χ1) is 6.52. The molecule has 1 nitrogen and oxygen atoms in total. The molecule has 14 heavy (non-hydrogen) atoms. The van der Waals surface area contributed by atoms with E-state index in [1.807, 2.05) is 11.9 Å². The van der Waals surface area contributed by atoms with E-state index in [1.165, 1.54) is 12.1 Å². The lowest BCUT2D eigenvalue weighted by Crippen LogP contribution is -2.19. The fourth-order valence-corrected chi connectivity index (χ4v) is 1.22. The highest BCUT2D eigenvalue weighted by molar-refractivity contribution is 5.50. The van der Waals surface area contributed by atoms with Crippen LogP contribution in [0.4, 0.5) is 10.1 Å². The average molecular weight is 193 g/mol. The van der Waals surface area contributed by atoms with Gasteiger partial charge in [-0.05, 0) is 30.2 Å². The zero-order valence-corrected chi connectivity index (χ0v) is 8.92. The maximum absolute atomic E-state index is 12.7. The Bertz CT molecular complexity index is 314. The molecule has 0 N–H and O–H groups in total. The maximum atomic E-state index is 12.7. The lowest BCUT2D eigenvalue weighted by molar-refractivity contribution is 0.627. The van der Waals surface area contributed by atoms with Crippen LogP contribution in [0.2, 0.25) is 0 Å². The Kier molecular flexibility index (Phi) is 3.28. The van der Waals surface area contributed by atoms with Crippen molar-refractivity contribution in [2.24, 2.45) is 5.92 Å². The molecule has 2 heteroatoms. The zero-order valence-electron chi connectivity index (χ0n) is 8.92. The first-order valence-corrected chi connectivity index (χ1v) is 4.70. The molecule has 0 aromatic heterocycles. The van der Waals surface area contributed by atoms with E-state index in [9.17, 15) is 4.39 Å². The van der Waals surface area contributed by atoms with Crippen LogP contribution in [0.3, 0.4) is 0 Å². The first kappa shape index (κ1) is 10.8. The minimum absolute atomic E-state index is 0.211. The number of hydrogen-bond acceptors (Lipinski definition) is 1. The molecule has 76 valence electrons. The van der Waals surface area contributed by atoms with Gasteiger partial charge in [-0.2, -0.15) is 0 Å². The molecule has 1 aromatic rings. The minimum Gasteiger partial charge on any atom is -0.349 e. The van der Waals surface area contributed by atoms with Crippen molar-refractivity contribution >= 4 is 5.69 Å². The van der Waals surface area contributed by atoms with Crippen molar-refractivity contribution in [2.45, 2.75) is 13.8 Å². The van der Waals surface area contributed by atoms with Crippen molar-refractivity contribution in [1.29, 1.82) is 0 Å². The molecule has 0 aliphatic rings. The third-order valence-electron chi connectivity index (χ3n) is 2.31. The number of anilines is 1. The molecular weight excluding hydrogens is 177 g/mol. The molecule has 0 radical (unpaired) electrons. The minimum atomic E-state index is -0.211. The smallest absolute Gasteiger partial charge is 0.123 e. The summed E-state index contributed by atoms with van der Waals surface area (Å²) in [5, 5.41) is 0. The Morgan fingerprint density at radius 2 is 1.79 bits per heavy atom. The van der Waals surface area contributed by atoms with Gasteiger partial charge in [-0.15, -0.1) is 0 Å². The SMILES string of the molecule is C=C(C(C)C)N(C)c1ccc(F)cc1. The molecule has 0 aliphatic carbocycles. The van der Waals surface area contributed by atoms with E-state index in [0.717, 1.165) is 11.4 Å². The van der Waals surface area contributed by atoms with E-state index >= 15 is 0 Å². The van der Waals surface area contributed by atoms with Crippen molar-refractivity contribution in [1.82, 2.24) is 0 Å². The van der Waals surface area contributed by atoms with Gasteiger partial charge in [0, 0.05) is 18.4 Å². The van der Waals surface area contributed by atoms with E-state index in [1.54, 1.807) is 12.1 Å². The van der Waals surface area contributed by atoms with Crippen molar-refractivity contribution in [3.8, 4) is 0 Å². The van der Waals surface area contributed by atoms with Gasteiger partial charge in [0.25, 0.3) is 0 Å². The van der Waals surface area contributed by atoms with Crippen LogP contribution < -0.4 is 4.90 Å². The van der Waals surface area contributed by atoms with Crippen LogP contribution in [0.15, 0.2) is 36.5 Å². The number of allylic oxidation sites excluding steroid dienone is 1. The Balaban J connectivity index is 2.84. The van der Waals surface area contributed by atoms with E-state index in [-0.39, 0.29) is 5.82 Å². The third kappa shape index (κ3) is 2.34. The summed E-state index contributed by atoms with van der Waals surface area (Å²) in [6, 6.07) is 6.42. The number of rotatable bonds is 3. The highest BCUT2D eigenvalue weighted by Gasteiger charge is 2.07. The van der Waals surface area contributed by atoms with Crippen LogP contribution in [0.25, 0.3) is 0 Å². The van der Waals surface area contributed by atoms with Crippen LogP contribution in [0, 0.1) is 11.7 Å². The second-order valence-corrected chi connectivity index (χ2v) is 3.68. The predicted octanol–water partition coefficient (Wildman–Crippen LogP) is 3.43. The molecule has 0 spiro atoms. The highest BCUT2D eigenvalue weighted by atomic mass is 19.1. The Labute approximate surface area is 84.9 Å². The normalized spacial score (nSPS) is 10.4. The Morgan fingerprint density at radius 1 is 1.29 bits per heavy atom.